The van der Waals surface area contributed by atoms with Gasteiger partial charge in [-0.25, -0.2) is 4.79 Å². The quantitative estimate of drug-likeness (QED) is 0.594. The minimum absolute atomic E-state index is 0.0555. The number of amides is 2. The summed E-state index contributed by atoms with van der Waals surface area (Å²) >= 11 is 0. The van der Waals surface area contributed by atoms with Crippen molar-refractivity contribution >= 4 is 23.4 Å². The fraction of sp³-hybridized carbons (Fsp3) is 0.500. The third-order valence-corrected chi connectivity index (χ3v) is 4.08. The summed E-state index contributed by atoms with van der Waals surface area (Å²) in [4.78, 5) is 45.3. The lowest BCUT2D eigenvalue weighted by molar-refractivity contribution is -0.422. The van der Waals surface area contributed by atoms with Crippen LogP contribution in [0.25, 0.3) is 0 Å². The van der Waals surface area contributed by atoms with Gasteiger partial charge in [0.1, 0.15) is 11.1 Å². The number of alkyl carbamates (subject to hydrolysis) is 1. The predicted octanol–water partition coefficient (Wildman–Crippen LogP) is 1.61. The Hall–Kier alpha value is -3.24. The van der Waals surface area contributed by atoms with Gasteiger partial charge in [-0.1, -0.05) is 0 Å². The Kier molecular flexibility index (Phi) is 5.07. The van der Waals surface area contributed by atoms with E-state index in [2.05, 4.69) is 10.6 Å². The third kappa shape index (κ3) is 4.13. The van der Waals surface area contributed by atoms with Crippen LogP contribution in [0.5, 0.6) is 0 Å². The first-order chi connectivity index (χ1) is 12.4. The van der Waals surface area contributed by atoms with E-state index in [-0.39, 0.29) is 12.8 Å². The van der Waals surface area contributed by atoms with Gasteiger partial charge in [-0.2, -0.15) is 0 Å². The van der Waals surface area contributed by atoms with Crippen molar-refractivity contribution in [3.63, 3.8) is 0 Å². The van der Waals surface area contributed by atoms with Crippen LogP contribution in [0.15, 0.2) is 12.1 Å². The third-order valence-electron chi connectivity index (χ3n) is 4.08. The van der Waals surface area contributed by atoms with Crippen LogP contribution in [0.2, 0.25) is 0 Å². The van der Waals surface area contributed by atoms with E-state index in [1.807, 2.05) is 0 Å². The van der Waals surface area contributed by atoms with Crippen LogP contribution in [0.4, 0.5) is 16.2 Å². The first kappa shape index (κ1) is 20.1. The Bertz CT molecular complexity index is 786. The molecule has 0 aliphatic heterocycles. The van der Waals surface area contributed by atoms with Gasteiger partial charge in [-0.3, -0.25) is 25.0 Å². The van der Waals surface area contributed by atoms with Gasteiger partial charge in [-0.05, 0) is 31.9 Å². The summed E-state index contributed by atoms with van der Waals surface area (Å²) in [5.74, 6) is -0.533. The molecular weight excluding hydrogens is 360 g/mol. The summed E-state index contributed by atoms with van der Waals surface area (Å²) in [6.07, 6.45) is -0.942. The molecule has 0 atom stereocenters. The van der Waals surface area contributed by atoms with Crippen LogP contribution in [0, 0.1) is 20.2 Å². The molecule has 0 fully saturated rings. The largest absolute Gasteiger partial charge is 0.444 e. The number of hydrogen-bond acceptors (Lipinski definition) is 7. The lowest BCUT2D eigenvalue weighted by Crippen LogP contribution is -2.59. The summed E-state index contributed by atoms with van der Waals surface area (Å²) < 4.78 is 5.20. The molecule has 0 unspecified atom stereocenters. The highest BCUT2D eigenvalue weighted by Gasteiger charge is 2.47. The van der Waals surface area contributed by atoms with E-state index < -0.39 is 44.4 Å². The Morgan fingerprint density at radius 1 is 1.07 bits per heavy atom. The van der Waals surface area contributed by atoms with Gasteiger partial charge in [0, 0.05) is 32.0 Å². The van der Waals surface area contributed by atoms with Gasteiger partial charge >= 0.3 is 17.5 Å². The number of carbonyl (C=O) groups is 2. The van der Waals surface area contributed by atoms with Crippen molar-refractivity contribution in [1.82, 2.24) is 10.6 Å². The molecule has 1 aromatic rings. The molecule has 1 aliphatic rings. The zero-order valence-electron chi connectivity index (χ0n) is 15.3. The topological polar surface area (TPSA) is 154 Å². The van der Waals surface area contributed by atoms with E-state index in [0.717, 1.165) is 12.1 Å². The molecule has 2 rings (SSSR count). The highest BCUT2D eigenvalue weighted by atomic mass is 16.6. The van der Waals surface area contributed by atoms with E-state index in [0.29, 0.717) is 11.1 Å². The Morgan fingerprint density at radius 3 is 1.85 bits per heavy atom. The van der Waals surface area contributed by atoms with Gasteiger partial charge in [0.05, 0.1) is 9.85 Å². The molecule has 0 bridgehead atoms. The maximum atomic E-state index is 12.5. The standard InChI is InChI=1S/C16H20N4O7/c1-15(2,3)27-14(22)18-16(13(21)17-4)7-9-5-11(19(23)24)12(20(25)26)6-10(9)8-16/h5-6H,7-8H2,1-4H3,(H,17,21)(H,18,22). The number of nitrogens with one attached hydrogen (secondary N) is 2. The molecule has 0 heterocycles. The number of nitro benzene ring substituents is 2. The number of carbonyl (C=O) groups excluding carboxylic acids is 2. The molecule has 2 amide bonds. The molecule has 11 heteroatoms. The lowest BCUT2D eigenvalue weighted by atomic mass is 9.94. The second-order valence-electron chi connectivity index (χ2n) is 7.27. The number of ether oxygens (including phenoxy) is 1. The first-order valence-corrected chi connectivity index (χ1v) is 8.06. The zero-order chi connectivity index (χ0) is 20.6. The Labute approximate surface area is 154 Å². The molecule has 1 aliphatic carbocycles. The highest BCUT2D eigenvalue weighted by Crippen LogP contribution is 2.38. The number of rotatable bonds is 4. The molecule has 0 aromatic heterocycles. The van der Waals surface area contributed by atoms with E-state index in [1.165, 1.54) is 7.05 Å². The fourth-order valence-corrected chi connectivity index (χ4v) is 3.04. The minimum Gasteiger partial charge on any atom is -0.444 e. The summed E-state index contributed by atoms with van der Waals surface area (Å²) in [5, 5.41) is 27.3. The number of hydrogen-bond donors (Lipinski definition) is 2. The maximum absolute atomic E-state index is 12.5. The SMILES string of the molecule is CNC(=O)C1(NC(=O)OC(C)(C)C)Cc2cc([N+](=O)[O-])c([N+](=O)[O-])cc2C1. The normalized spacial score (nSPS) is 14.8. The molecular formula is C16H20N4O7. The molecule has 2 N–H and O–H groups in total. The van der Waals surface area contributed by atoms with Crippen molar-refractivity contribution in [3.8, 4) is 0 Å². The van der Waals surface area contributed by atoms with Gasteiger partial charge in [0.2, 0.25) is 5.91 Å². The van der Waals surface area contributed by atoms with Gasteiger partial charge < -0.3 is 15.4 Å². The van der Waals surface area contributed by atoms with Crippen molar-refractivity contribution in [2.45, 2.75) is 44.8 Å². The van der Waals surface area contributed by atoms with Crippen molar-refractivity contribution < 1.29 is 24.2 Å². The van der Waals surface area contributed by atoms with Crippen LogP contribution in [0.1, 0.15) is 31.9 Å². The van der Waals surface area contributed by atoms with Crippen molar-refractivity contribution in [2.24, 2.45) is 0 Å². The predicted molar refractivity (Wildman–Crippen MR) is 93.3 cm³/mol. The molecule has 11 nitrogen and oxygen atoms in total. The summed E-state index contributed by atoms with van der Waals surface area (Å²) in [7, 11) is 1.38. The van der Waals surface area contributed by atoms with Crippen molar-refractivity contribution in [1.29, 1.82) is 0 Å². The van der Waals surface area contributed by atoms with Crippen LogP contribution in [-0.4, -0.2) is 40.0 Å². The molecule has 27 heavy (non-hydrogen) atoms. The second kappa shape index (κ2) is 6.82. The van der Waals surface area contributed by atoms with Gasteiger partial charge in [-0.15, -0.1) is 0 Å². The fourth-order valence-electron chi connectivity index (χ4n) is 3.04. The molecule has 146 valence electrons. The molecule has 0 spiro atoms. The molecule has 0 saturated carbocycles. The van der Waals surface area contributed by atoms with Gasteiger partial charge in [0.25, 0.3) is 0 Å². The second-order valence-corrected chi connectivity index (χ2v) is 7.27. The average molecular weight is 380 g/mol. The van der Waals surface area contributed by atoms with Crippen LogP contribution in [0.3, 0.4) is 0 Å². The molecule has 0 radical (unpaired) electrons. The van der Waals surface area contributed by atoms with Crippen LogP contribution < -0.4 is 10.6 Å². The number of benzene rings is 1. The van der Waals surface area contributed by atoms with Crippen molar-refractivity contribution in [2.75, 3.05) is 7.05 Å². The van der Waals surface area contributed by atoms with Crippen LogP contribution in [-0.2, 0) is 22.4 Å². The van der Waals surface area contributed by atoms with Crippen molar-refractivity contribution in [3.05, 3.63) is 43.5 Å². The number of nitro groups is 2. The summed E-state index contributed by atoms with van der Waals surface area (Å²) in [5.41, 5.74) is -2.81. The lowest BCUT2D eigenvalue weighted by Gasteiger charge is -2.30. The maximum Gasteiger partial charge on any atom is 0.408 e. The van der Waals surface area contributed by atoms with E-state index >= 15 is 0 Å². The van der Waals surface area contributed by atoms with E-state index in [9.17, 15) is 29.8 Å². The Balaban J connectivity index is 2.44. The first-order valence-electron chi connectivity index (χ1n) is 8.06. The summed E-state index contributed by atoms with van der Waals surface area (Å²) in [6, 6.07) is 2.16. The Morgan fingerprint density at radius 2 is 1.52 bits per heavy atom. The summed E-state index contributed by atoms with van der Waals surface area (Å²) in [6.45, 7) is 4.99. The van der Waals surface area contributed by atoms with Gasteiger partial charge in [0.15, 0.2) is 0 Å². The zero-order valence-corrected chi connectivity index (χ0v) is 15.3. The minimum atomic E-state index is -1.46. The number of nitrogens with zero attached hydrogens (tertiary/aromatic N) is 2. The smallest absolute Gasteiger partial charge is 0.408 e. The van der Waals surface area contributed by atoms with E-state index in [1.54, 1.807) is 20.8 Å². The highest BCUT2D eigenvalue weighted by molar-refractivity contribution is 5.91. The van der Waals surface area contributed by atoms with E-state index in [4.69, 9.17) is 4.74 Å². The molecule has 0 saturated heterocycles. The average Bonchev–Trinajstić information content (AvgIpc) is 2.88. The number of fused-ring (bicyclic) bond motifs is 1. The number of likely N-dealkylation sites (N-methyl/N-ethyl adjacent to an activating group) is 1. The molecule has 1 aromatic carbocycles. The monoisotopic (exact) mass is 380 g/mol. The van der Waals surface area contributed by atoms with Crippen LogP contribution >= 0.6 is 0 Å².